The number of hydrogen-bond acceptors (Lipinski definition) is 2. The monoisotopic (exact) mass is 236 g/mol. The Kier molecular flexibility index (Phi) is 2.79. The largest absolute Gasteiger partial charge is 0.491 e. The van der Waals surface area contributed by atoms with Crippen molar-refractivity contribution in [3.05, 3.63) is 41.0 Å². The number of carbonyl (C=O) groups excluding carboxylic acids is 1. The van der Waals surface area contributed by atoms with Crippen LogP contribution >= 0.6 is 0 Å². The Bertz CT molecular complexity index is 606. The normalized spacial score (nSPS) is 10.6. The van der Waals surface area contributed by atoms with Crippen LogP contribution in [-0.2, 0) is 0 Å². The van der Waals surface area contributed by atoms with Gasteiger partial charge in [0.05, 0.1) is 7.11 Å². The predicted octanol–water partition coefficient (Wildman–Crippen LogP) is 3.25. The first-order chi connectivity index (χ1) is 8.10. The number of aryl methyl sites for hydroxylation is 1. The van der Waals surface area contributed by atoms with E-state index in [0.717, 1.165) is 0 Å². The van der Waals surface area contributed by atoms with Gasteiger partial charge in [-0.05, 0) is 23.9 Å². The van der Waals surface area contributed by atoms with E-state index in [1.165, 1.54) is 25.3 Å². The Morgan fingerprint density at radius 1 is 1.24 bits per heavy atom. The Morgan fingerprint density at radius 3 is 2.53 bits per heavy atom. The van der Waals surface area contributed by atoms with Crippen LogP contribution in [0.2, 0.25) is 0 Å². The minimum atomic E-state index is -0.774. The lowest BCUT2D eigenvalue weighted by Gasteiger charge is -2.10. The van der Waals surface area contributed by atoms with Crippen molar-refractivity contribution >= 4 is 17.1 Å². The number of halogens is 2. The highest BCUT2D eigenvalue weighted by molar-refractivity contribution is 5.94. The summed E-state index contributed by atoms with van der Waals surface area (Å²) < 4.78 is 32.1. The van der Waals surface area contributed by atoms with Gasteiger partial charge in [0.2, 0.25) is 0 Å². The minimum Gasteiger partial charge on any atom is -0.491 e. The molecule has 0 atom stereocenters. The first-order valence-electron chi connectivity index (χ1n) is 5.00. The van der Waals surface area contributed by atoms with Crippen LogP contribution in [0, 0.1) is 18.6 Å². The van der Waals surface area contributed by atoms with Crippen LogP contribution in [0.15, 0.2) is 18.2 Å². The summed E-state index contributed by atoms with van der Waals surface area (Å²) in [5.74, 6) is -1.93. The quantitative estimate of drug-likeness (QED) is 0.748. The molecule has 0 bridgehead atoms. The fourth-order valence-corrected chi connectivity index (χ4v) is 1.86. The second-order valence-electron chi connectivity index (χ2n) is 3.70. The van der Waals surface area contributed by atoms with Crippen molar-refractivity contribution in [3.8, 4) is 5.75 Å². The van der Waals surface area contributed by atoms with Gasteiger partial charge in [0.15, 0.2) is 17.4 Å². The third-order valence-corrected chi connectivity index (χ3v) is 2.81. The molecule has 2 aromatic carbocycles. The Morgan fingerprint density at radius 2 is 1.94 bits per heavy atom. The van der Waals surface area contributed by atoms with Gasteiger partial charge in [0.25, 0.3) is 0 Å². The average Bonchev–Trinajstić information content (AvgIpc) is 2.31. The number of fused-ring (bicyclic) bond motifs is 1. The van der Waals surface area contributed by atoms with Gasteiger partial charge in [-0.2, -0.15) is 0 Å². The molecule has 0 unspecified atom stereocenters. The van der Waals surface area contributed by atoms with Gasteiger partial charge in [-0.15, -0.1) is 0 Å². The lowest BCUT2D eigenvalue weighted by molar-refractivity contribution is 0.112. The molecule has 0 aromatic heterocycles. The molecule has 0 aliphatic rings. The van der Waals surface area contributed by atoms with E-state index in [0.29, 0.717) is 22.8 Å². The van der Waals surface area contributed by atoms with Crippen LogP contribution in [0.25, 0.3) is 10.8 Å². The fraction of sp³-hybridized carbons (Fsp3) is 0.154. The molecule has 0 N–H and O–H groups in total. The lowest BCUT2D eigenvalue weighted by Crippen LogP contribution is -1.96. The summed E-state index contributed by atoms with van der Waals surface area (Å²) >= 11 is 0. The molecule has 2 aromatic rings. The summed E-state index contributed by atoms with van der Waals surface area (Å²) in [5, 5.41) is 0.622. The molecule has 88 valence electrons. The molecule has 0 fully saturated rings. The molecular formula is C13H10F2O2. The topological polar surface area (TPSA) is 26.3 Å². The van der Waals surface area contributed by atoms with Crippen LogP contribution in [0.1, 0.15) is 15.9 Å². The van der Waals surface area contributed by atoms with E-state index < -0.39 is 17.4 Å². The number of hydrogen-bond donors (Lipinski definition) is 0. The van der Waals surface area contributed by atoms with Crippen molar-refractivity contribution in [2.45, 2.75) is 6.92 Å². The fourth-order valence-electron chi connectivity index (χ4n) is 1.86. The van der Waals surface area contributed by atoms with E-state index in [1.54, 1.807) is 6.92 Å². The number of benzene rings is 2. The molecule has 0 aliphatic heterocycles. The second kappa shape index (κ2) is 4.13. The maximum atomic E-state index is 13.9. The maximum Gasteiger partial charge on any atom is 0.191 e. The number of ether oxygens (including phenoxy) is 1. The Labute approximate surface area is 96.8 Å². The SMILES string of the molecule is COc1c(F)cc2c(C)c(C=O)ccc2c1F. The maximum absolute atomic E-state index is 13.9. The third kappa shape index (κ3) is 1.65. The lowest BCUT2D eigenvalue weighted by atomic mass is 10.00. The van der Waals surface area contributed by atoms with Crippen molar-refractivity contribution in [1.29, 1.82) is 0 Å². The summed E-state index contributed by atoms with van der Waals surface area (Å²) in [7, 11) is 1.21. The number of carbonyl (C=O) groups is 1. The van der Waals surface area contributed by atoms with Crippen molar-refractivity contribution < 1.29 is 18.3 Å². The van der Waals surface area contributed by atoms with E-state index in [9.17, 15) is 13.6 Å². The van der Waals surface area contributed by atoms with Gasteiger partial charge >= 0.3 is 0 Å². The molecule has 0 aliphatic carbocycles. The van der Waals surface area contributed by atoms with E-state index in [4.69, 9.17) is 0 Å². The third-order valence-electron chi connectivity index (χ3n) is 2.81. The van der Waals surface area contributed by atoms with E-state index in [1.807, 2.05) is 0 Å². The van der Waals surface area contributed by atoms with Crippen molar-refractivity contribution in [3.63, 3.8) is 0 Å². The van der Waals surface area contributed by atoms with Crippen LogP contribution in [0.5, 0.6) is 5.75 Å². The van der Waals surface area contributed by atoms with Gasteiger partial charge in [0, 0.05) is 10.9 Å². The van der Waals surface area contributed by atoms with Crippen molar-refractivity contribution in [2.24, 2.45) is 0 Å². The van der Waals surface area contributed by atoms with Gasteiger partial charge in [-0.3, -0.25) is 4.79 Å². The molecule has 2 nitrogen and oxygen atoms in total. The van der Waals surface area contributed by atoms with Gasteiger partial charge in [-0.1, -0.05) is 12.1 Å². The molecule has 0 saturated heterocycles. The molecule has 17 heavy (non-hydrogen) atoms. The number of aldehydes is 1. The zero-order valence-corrected chi connectivity index (χ0v) is 9.38. The van der Waals surface area contributed by atoms with Crippen LogP contribution in [0.4, 0.5) is 8.78 Å². The van der Waals surface area contributed by atoms with Crippen molar-refractivity contribution in [1.82, 2.24) is 0 Å². The molecule has 0 radical (unpaired) electrons. The van der Waals surface area contributed by atoms with Crippen LogP contribution in [0.3, 0.4) is 0 Å². The first-order valence-corrected chi connectivity index (χ1v) is 5.00. The molecule has 2 rings (SSSR count). The van der Waals surface area contributed by atoms with Crippen LogP contribution < -0.4 is 4.74 Å². The molecule has 0 amide bonds. The van der Waals surface area contributed by atoms with Crippen LogP contribution in [-0.4, -0.2) is 13.4 Å². The zero-order valence-electron chi connectivity index (χ0n) is 9.38. The number of methoxy groups -OCH3 is 1. The van der Waals surface area contributed by atoms with Crippen molar-refractivity contribution in [2.75, 3.05) is 7.11 Å². The summed E-state index contributed by atoms with van der Waals surface area (Å²) in [6.07, 6.45) is 0.662. The molecule has 0 saturated carbocycles. The second-order valence-corrected chi connectivity index (χ2v) is 3.70. The Balaban J connectivity index is 2.91. The summed E-state index contributed by atoms with van der Waals surface area (Å²) in [5.41, 5.74) is 0.972. The summed E-state index contributed by atoms with van der Waals surface area (Å²) in [6, 6.07) is 4.13. The van der Waals surface area contributed by atoms with E-state index >= 15 is 0 Å². The Hall–Kier alpha value is -1.97. The first kappa shape index (κ1) is 11.5. The molecule has 0 spiro atoms. The summed E-state index contributed by atoms with van der Waals surface area (Å²) in [4.78, 5) is 10.8. The highest BCUT2D eigenvalue weighted by Gasteiger charge is 2.16. The number of rotatable bonds is 2. The van der Waals surface area contributed by atoms with Gasteiger partial charge < -0.3 is 4.74 Å². The minimum absolute atomic E-state index is 0.242. The smallest absolute Gasteiger partial charge is 0.191 e. The van der Waals surface area contributed by atoms with E-state index in [-0.39, 0.29) is 5.39 Å². The molecular weight excluding hydrogens is 226 g/mol. The molecule has 0 heterocycles. The highest BCUT2D eigenvalue weighted by atomic mass is 19.1. The standard InChI is InChI=1S/C13H10F2O2/c1-7-8(6-16)3-4-9-10(7)5-11(14)13(17-2)12(9)15/h3-6H,1-2H3. The van der Waals surface area contributed by atoms with Gasteiger partial charge in [0.1, 0.15) is 6.29 Å². The molecule has 4 heteroatoms. The van der Waals surface area contributed by atoms with E-state index in [2.05, 4.69) is 4.74 Å². The predicted molar refractivity (Wildman–Crippen MR) is 60.5 cm³/mol. The zero-order chi connectivity index (χ0) is 12.6. The average molecular weight is 236 g/mol. The van der Waals surface area contributed by atoms with Gasteiger partial charge in [-0.25, -0.2) is 8.78 Å². The highest BCUT2D eigenvalue weighted by Crippen LogP contribution is 2.31. The summed E-state index contributed by atoms with van der Waals surface area (Å²) in [6.45, 7) is 1.65.